The normalized spacial score (nSPS) is 15.0. The first-order valence-corrected chi connectivity index (χ1v) is 9.26. The zero-order valence-corrected chi connectivity index (χ0v) is 17.0. The fourth-order valence-corrected chi connectivity index (χ4v) is 3.02. The second-order valence-electron chi connectivity index (χ2n) is 5.31. The SMILES string of the molecule is CCOc1c(Cl)cc(/C=C2/N=C(c3ccc(I)cc3)OC2=O)cc1OC. The molecule has 0 saturated heterocycles. The topological polar surface area (TPSA) is 57.1 Å². The highest BCUT2D eigenvalue weighted by atomic mass is 127. The van der Waals surface area contributed by atoms with Crippen molar-refractivity contribution >= 4 is 52.1 Å². The number of carbonyl (C=O) groups excluding carboxylic acids is 1. The van der Waals surface area contributed by atoms with Gasteiger partial charge in [0.25, 0.3) is 0 Å². The molecule has 1 aliphatic heterocycles. The van der Waals surface area contributed by atoms with Gasteiger partial charge in [-0.1, -0.05) is 11.6 Å². The summed E-state index contributed by atoms with van der Waals surface area (Å²) in [7, 11) is 1.53. The van der Waals surface area contributed by atoms with E-state index in [1.807, 2.05) is 31.2 Å². The van der Waals surface area contributed by atoms with Crippen molar-refractivity contribution in [2.75, 3.05) is 13.7 Å². The quantitative estimate of drug-likeness (QED) is 0.352. The van der Waals surface area contributed by atoms with Crippen molar-refractivity contribution in [2.45, 2.75) is 6.92 Å². The summed E-state index contributed by atoms with van der Waals surface area (Å²) >= 11 is 8.47. The van der Waals surface area contributed by atoms with Crippen molar-refractivity contribution < 1.29 is 19.0 Å². The van der Waals surface area contributed by atoms with Gasteiger partial charge in [0.15, 0.2) is 17.2 Å². The molecule has 0 atom stereocenters. The van der Waals surface area contributed by atoms with Crippen molar-refractivity contribution in [3.8, 4) is 11.5 Å². The molecule has 0 aliphatic carbocycles. The minimum absolute atomic E-state index is 0.195. The molecular formula is C19H15ClINO4. The second-order valence-corrected chi connectivity index (χ2v) is 6.96. The molecule has 0 saturated carbocycles. The average Bonchev–Trinajstić information content (AvgIpc) is 2.98. The molecular weight excluding hydrogens is 469 g/mol. The highest BCUT2D eigenvalue weighted by molar-refractivity contribution is 14.1. The summed E-state index contributed by atoms with van der Waals surface area (Å²) in [5.41, 5.74) is 1.60. The van der Waals surface area contributed by atoms with E-state index in [0.717, 1.165) is 9.13 Å². The molecule has 0 fully saturated rings. The number of rotatable bonds is 5. The van der Waals surface area contributed by atoms with E-state index in [1.54, 1.807) is 18.2 Å². The van der Waals surface area contributed by atoms with Crippen LogP contribution >= 0.6 is 34.2 Å². The van der Waals surface area contributed by atoms with E-state index in [2.05, 4.69) is 27.6 Å². The highest BCUT2D eigenvalue weighted by Gasteiger charge is 2.24. The Morgan fingerprint density at radius 3 is 2.65 bits per heavy atom. The summed E-state index contributed by atoms with van der Waals surface area (Å²) in [5.74, 6) is 0.722. The number of ether oxygens (including phenoxy) is 3. The van der Waals surface area contributed by atoms with E-state index in [9.17, 15) is 4.79 Å². The average molecular weight is 484 g/mol. The van der Waals surface area contributed by atoms with Gasteiger partial charge >= 0.3 is 5.97 Å². The van der Waals surface area contributed by atoms with Crippen LogP contribution in [-0.4, -0.2) is 25.6 Å². The van der Waals surface area contributed by atoms with Gasteiger partial charge in [-0.3, -0.25) is 0 Å². The van der Waals surface area contributed by atoms with Crippen LogP contribution in [0, 0.1) is 3.57 Å². The van der Waals surface area contributed by atoms with Crippen LogP contribution in [0.25, 0.3) is 6.08 Å². The molecule has 26 heavy (non-hydrogen) atoms. The third-order valence-corrected chi connectivity index (χ3v) is 4.56. The standard InChI is InChI=1S/C19H15ClINO4/c1-3-25-17-14(20)8-11(10-16(17)24-2)9-15-19(23)26-18(22-15)12-4-6-13(21)7-5-12/h4-10H,3H2,1-2H3/b15-9+. The van der Waals surface area contributed by atoms with E-state index >= 15 is 0 Å². The molecule has 1 aliphatic rings. The first-order valence-electron chi connectivity index (χ1n) is 7.80. The summed E-state index contributed by atoms with van der Waals surface area (Å²) in [6, 6.07) is 11.0. The number of cyclic esters (lactones) is 1. The summed E-state index contributed by atoms with van der Waals surface area (Å²) in [6.07, 6.45) is 1.60. The number of carbonyl (C=O) groups is 1. The van der Waals surface area contributed by atoms with Gasteiger partial charge in [-0.15, -0.1) is 0 Å². The molecule has 0 radical (unpaired) electrons. The first kappa shape index (κ1) is 18.7. The molecule has 0 unspecified atom stereocenters. The lowest BCUT2D eigenvalue weighted by atomic mass is 10.1. The minimum Gasteiger partial charge on any atom is -0.493 e. The summed E-state index contributed by atoms with van der Waals surface area (Å²) in [5, 5.41) is 0.395. The van der Waals surface area contributed by atoms with Crippen LogP contribution < -0.4 is 9.47 Å². The van der Waals surface area contributed by atoms with Gasteiger partial charge in [0, 0.05) is 9.13 Å². The van der Waals surface area contributed by atoms with E-state index in [0.29, 0.717) is 28.7 Å². The third-order valence-electron chi connectivity index (χ3n) is 3.56. The minimum atomic E-state index is -0.512. The highest BCUT2D eigenvalue weighted by Crippen LogP contribution is 2.37. The van der Waals surface area contributed by atoms with Gasteiger partial charge in [-0.05, 0) is 77.6 Å². The van der Waals surface area contributed by atoms with Gasteiger partial charge in [-0.25, -0.2) is 9.79 Å². The molecule has 2 aromatic rings. The van der Waals surface area contributed by atoms with Gasteiger partial charge in [-0.2, -0.15) is 0 Å². The Kier molecular flexibility index (Phi) is 5.83. The number of benzene rings is 2. The molecule has 5 nitrogen and oxygen atoms in total. The Labute approximate surface area is 169 Å². The van der Waals surface area contributed by atoms with Crippen LogP contribution in [0.5, 0.6) is 11.5 Å². The number of esters is 1. The van der Waals surface area contributed by atoms with Crippen molar-refractivity contribution in [2.24, 2.45) is 4.99 Å². The fourth-order valence-electron chi connectivity index (χ4n) is 2.39. The van der Waals surface area contributed by atoms with Crippen LogP contribution in [0.3, 0.4) is 0 Å². The Hall–Kier alpha value is -2.06. The molecule has 1 heterocycles. The van der Waals surface area contributed by atoms with Gasteiger partial charge in [0.05, 0.1) is 18.7 Å². The Balaban J connectivity index is 1.95. The zero-order chi connectivity index (χ0) is 18.7. The predicted octanol–water partition coefficient (Wildman–Crippen LogP) is 4.70. The van der Waals surface area contributed by atoms with Crippen LogP contribution in [0.15, 0.2) is 47.1 Å². The van der Waals surface area contributed by atoms with E-state index in [-0.39, 0.29) is 11.6 Å². The van der Waals surface area contributed by atoms with Crippen molar-refractivity contribution in [1.29, 1.82) is 0 Å². The predicted molar refractivity (Wildman–Crippen MR) is 109 cm³/mol. The Morgan fingerprint density at radius 2 is 2.00 bits per heavy atom. The monoisotopic (exact) mass is 483 g/mol. The van der Waals surface area contributed by atoms with Crippen LogP contribution in [0.2, 0.25) is 5.02 Å². The number of methoxy groups -OCH3 is 1. The van der Waals surface area contributed by atoms with Gasteiger partial charge < -0.3 is 14.2 Å². The molecule has 0 aromatic heterocycles. The lowest BCUT2D eigenvalue weighted by Crippen LogP contribution is -2.05. The molecule has 2 aromatic carbocycles. The van der Waals surface area contributed by atoms with Crippen molar-refractivity contribution in [3.05, 3.63) is 61.8 Å². The first-order chi connectivity index (χ1) is 12.5. The van der Waals surface area contributed by atoms with Gasteiger partial charge in [0.2, 0.25) is 5.90 Å². The maximum absolute atomic E-state index is 12.1. The smallest absolute Gasteiger partial charge is 0.363 e. The number of aliphatic imine (C=N–C) groups is 1. The second kappa shape index (κ2) is 8.09. The fraction of sp³-hybridized carbons (Fsp3) is 0.158. The molecule has 7 heteroatoms. The molecule has 0 amide bonds. The Morgan fingerprint density at radius 1 is 1.27 bits per heavy atom. The lowest BCUT2D eigenvalue weighted by molar-refractivity contribution is -0.129. The number of hydrogen-bond donors (Lipinski definition) is 0. The number of nitrogens with zero attached hydrogens (tertiary/aromatic N) is 1. The van der Waals surface area contributed by atoms with E-state index in [1.165, 1.54) is 7.11 Å². The van der Waals surface area contributed by atoms with Gasteiger partial charge in [0.1, 0.15) is 0 Å². The van der Waals surface area contributed by atoms with E-state index < -0.39 is 5.97 Å². The van der Waals surface area contributed by atoms with Crippen LogP contribution in [0.1, 0.15) is 18.1 Å². The van der Waals surface area contributed by atoms with Crippen molar-refractivity contribution in [1.82, 2.24) is 0 Å². The zero-order valence-electron chi connectivity index (χ0n) is 14.1. The summed E-state index contributed by atoms with van der Waals surface area (Å²) in [4.78, 5) is 16.4. The van der Waals surface area contributed by atoms with E-state index in [4.69, 9.17) is 25.8 Å². The lowest BCUT2D eigenvalue weighted by Gasteiger charge is -2.11. The maximum Gasteiger partial charge on any atom is 0.363 e. The van der Waals surface area contributed by atoms with Crippen LogP contribution in [-0.2, 0) is 9.53 Å². The van der Waals surface area contributed by atoms with Crippen molar-refractivity contribution in [3.63, 3.8) is 0 Å². The number of halogens is 2. The molecule has 0 spiro atoms. The third kappa shape index (κ3) is 4.02. The molecule has 0 N–H and O–H groups in total. The summed E-state index contributed by atoms with van der Waals surface area (Å²) in [6.45, 7) is 2.33. The largest absolute Gasteiger partial charge is 0.493 e. The van der Waals surface area contributed by atoms with Crippen LogP contribution in [0.4, 0.5) is 0 Å². The number of hydrogen-bond acceptors (Lipinski definition) is 5. The molecule has 134 valence electrons. The summed E-state index contributed by atoms with van der Waals surface area (Å²) < 4.78 is 17.2. The molecule has 0 bridgehead atoms. The maximum atomic E-state index is 12.1. The Bertz CT molecular complexity index is 907. The molecule has 3 rings (SSSR count).